The Morgan fingerprint density at radius 3 is 2.24 bits per heavy atom. The third-order valence-electron chi connectivity index (χ3n) is 3.84. The van der Waals surface area contributed by atoms with Gasteiger partial charge in [-0.25, -0.2) is 0 Å². The monoisotopic (exact) mass is 241 g/mol. The number of unbranched alkanes of at least 4 members (excludes halogenated alkanes) is 1. The van der Waals surface area contributed by atoms with Crippen LogP contribution in [0.3, 0.4) is 0 Å². The predicted molar refractivity (Wildman–Crippen MR) is 76.2 cm³/mol. The Bertz CT molecular complexity index is 193. The molecule has 0 amide bonds. The molecule has 0 aromatic heterocycles. The van der Waals surface area contributed by atoms with Crippen LogP contribution >= 0.6 is 0 Å². The van der Waals surface area contributed by atoms with Crippen molar-refractivity contribution in [1.82, 2.24) is 0 Å². The van der Waals surface area contributed by atoms with Gasteiger partial charge in [0.1, 0.15) is 0 Å². The van der Waals surface area contributed by atoms with Gasteiger partial charge in [-0.15, -0.1) is 0 Å². The normalized spacial score (nSPS) is 16.5. The van der Waals surface area contributed by atoms with Gasteiger partial charge >= 0.3 is 0 Å². The maximum absolute atomic E-state index is 10.5. The second-order valence-electron chi connectivity index (χ2n) is 5.99. The summed E-state index contributed by atoms with van der Waals surface area (Å²) in [5.74, 6) is 0.833. The van der Waals surface area contributed by atoms with E-state index in [0.717, 1.165) is 18.8 Å². The van der Waals surface area contributed by atoms with E-state index in [1.165, 1.54) is 38.5 Å². The fourth-order valence-corrected chi connectivity index (χ4v) is 2.56. The first-order valence-corrected chi connectivity index (χ1v) is 7.37. The maximum Gasteiger partial charge on any atom is 0.0864 e. The molecule has 102 valence electrons. The van der Waals surface area contributed by atoms with Gasteiger partial charge in [-0.2, -0.15) is 4.91 Å². The summed E-state index contributed by atoms with van der Waals surface area (Å²) in [7, 11) is 0. The van der Waals surface area contributed by atoms with E-state index in [4.69, 9.17) is 0 Å². The molecular weight excluding hydrogens is 210 g/mol. The highest BCUT2D eigenvalue weighted by Gasteiger charge is 2.23. The molecule has 0 saturated carbocycles. The number of hydrogen-bond acceptors (Lipinski definition) is 2. The molecule has 0 heterocycles. The molecule has 0 spiro atoms. The van der Waals surface area contributed by atoms with Crippen molar-refractivity contribution in [3.05, 3.63) is 4.91 Å². The van der Waals surface area contributed by atoms with Crippen LogP contribution in [0.2, 0.25) is 0 Å². The van der Waals surface area contributed by atoms with Gasteiger partial charge in [-0.3, -0.25) is 0 Å². The van der Waals surface area contributed by atoms with Crippen molar-refractivity contribution in [3.8, 4) is 0 Å². The van der Waals surface area contributed by atoms with Gasteiger partial charge < -0.3 is 0 Å². The first-order valence-electron chi connectivity index (χ1n) is 7.37. The lowest BCUT2D eigenvalue weighted by atomic mass is 9.79. The van der Waals surface area contributed by atoms with E-state index < -0.39 is 0 Å². The quantitative estimate of drug-likeness (QED) is 0.436. The molecule has 2 heteroatoms. The zero-order valence-electron chi connectivity index (χ0n) is 12.3. The summed E-state index contributed by atoms with van der Waals surface area (Å²) >= 11 is 0. The van der Waals surface area contributed by atoms with Crippen molar-refractivity contribution in [2.24, 2.45) is 16.5 Å². The van der Waals surface area contributed by atoms with Crippen LogP contribution in [0.15, 0.2) is 5.18 Å². The Kier molecular flexibility index (Phi) is 9.39. The fourth-order valence-electron chi connectivity index (χ4n) is 2.56. The molecule has 0 rings (SSSR count). The molecule has 17 heavy (non-hydrogen) atoms. The lowest BCUT2D eigenvalue weighted by molar-refractivity contribution is 0.257. The van der Waals surface area contributed by atoms with E-state index in [2.05, 4.69) is 32.9 Å². The fraction of sp³-hybridized carbons (Fsp3) is 1.00. The average Bonchev–Trinajstić information content (AvgIpc) is 2.27. The van der Waals surface area contributed by atoms with Gasteiger partial charge in [0, 0.05) is 0 Å². The first kappa shape index (κ1) is 16.6. The van der Waals surface area contributed by atoms with E-state index >= 15 is 0 Å². The Morgan fingerprint density at radius 1 is 1.06 bits per heavy atom. The molecule has 0 fully saturated rings. The molecule has 2 nitrogen and oxygen atoms in total. The highest BCUT2D eigenvalue weighted by molar-refractivity contribution is 4.77. The molecule has 0 aromatic rings. The lowest BCUT2D eigenvalue weighted by Crippen LogP contribution is -2.20. The third kappa shape index (κ3) is 8.34. The minimum absolute atomic E-state index is 0.156. The molecule has 2 atom stereocenters. The van der Waals surface area contributed by atoms with Crippen molar-refractivity contribution < 1.29 is 0 Å². The molecular formula is C15H31NO. The molecule has 0 aromatic carbocycles. The van der Waals surface area contributed by atoms with Gasteiger partial charge in [0.2, 0.25) is 0 Å². The summed E-state index contributed by atoms with van der Waals surface area (Å²) in [5.41, 5.74) is 0.156. The lowest BCUT2D eigenvalue weighted by Gasteiger charge is -2.27. The van der Waals surface area contributed by atoms with E-state index in [1.807, 2.05) is 0 Å². The largest absolute Gasteiger partial charge is 0.151 e. The second-order valence-corrected chi connectivity index (χ2v) is 5.99. The zero-order valence-corrected chi connectivity index (χ0v) is 12.3. The summed E-state index contributed by atoms with van der Waals surface area (Å²) in [4.78, 5) is 10.5. The summed E-state index contributed by atoms with van der Waals surface area (Å²) in [6, 6.07) is 0. The van der Waals surface area contributed by atoms with Crippen LogP contribution in [-0.4, -0.2) is 6.54 Å². The summed E-state index contributed by atoms with van der Waals surface area (Å²) < 4.78 is 0. The summed E-state index contributed by atoms with van der Waals surface area (Å²) in [5, 5.41) is 3.14. The van der Waals surface area contributed by atoms with Gasteiger partial charge in [0.15, 0.2) is 0 Å². The number of rotatable bonds is 11. The average molecular weight is 241 g/mol. The van der Waals surface area contributed by atoms with Gasteiger partial charge in [0.05, 0.1) is 6.54 Å². The Morgan fingerprint density at radius 2 is 1.71 bits per heavy atom. The van der Waals surface area contributed by atoms with E-state index in [9.17, 15) is 4.91 Å². The molecule has 0 aliphatic heterocycles. The number of hydrogen-bond donors (Lipinski definition) is 0. The molecule has 1 unspecified atom stereocenters. The Labute approximate surface area is 108 Å². The minimum Gasteiger partial charge on any atom is -0.151 e. The van der Waals surface area contributed by atoms with Crippen LogP contribution in [0.1, 0.15) is 79.1 Å². The third-order valence-corrected chi connectivity index (χ3v) is 3.84. The summed E-state index contributed by atoms with van der Waals surface area (Å²) in [6.45, 7) is 9.52. The zero-order chi connectivity index (χ0) is 13.1. The second kappa shape index (κ2) is 9.61. The van der Waals surface area contributed by atoms with Crippen LogP contribution in [-0.2, 0) is 0 Å². The van der Waals surface area contributed by atoms with E-state index in [0.29, 0.717) is 6.54 Å². The van der Waals surface area contributed by atoms with Crippen LogP contribution in [0.4, 0.5) is 0 Å². The smallest absolute Gasteiger partial charge is 0.0864 e. The maximum atomic E-state index is 10.5. The Balaban J connectivity index is 3.94. The highest BCUT2D eigenvalue weighted by atomic mass is 16.3. The van der Waals surface area contributed by atoms with Crippen molar-refractivity contribution >= 4 is 0 Å². The van der Waals surface area contributed by atoms with Crippen molar-refractivity contribution in [2.75, 3.05) is 6.54 Å². The summed E-state index contributed by atoms with van der Waals surface area (Å²) in [6.07, 6.45) is 9.90. The van der Waals surface area contributed by atoms with Crippen molar-refractivity contribution in [1.29, 1.82) is 0 Å². The minimum atomic E-state index is 0.156. The van der Waals surface area contributed by atoms with Crippen LogP contribution < -0.4 is 0 Å². The number of nitroso groups, excluding NO2 is 1. The first-order chi connectivity index (χ1) is 8.08. The molecule has 0 N–H and O–H groups in total. The topological polar surface area (TPSA) is 29.4 Å². The number of nitrogens with zero attached hydrogens (tertiary/aromatic N) is 1. The van der Waals surface area contributed by atoms with Crippen molar-refractivity contribution in [2.45, 2.75) is 79.1 Å². The molecule has 0 saturated heterocycles. The van der Waals surface area contributed by atoms with E-state index in [1.54, 1.807) is 0 Å². The predicted octanol–water partition coefficient (Wildman–Crippen LogP) is 5.56. The van der Waals surface area contributed by atoms with Gasteiger partial charge in [-0.05, 0) is 24.2 Å². The Hall–Kier alpha value is -0.400. The molecule has 0 radical (unpaired) electrons. The van der Waals surface area contributed by atoms with E-state index in [-0.39, 0.29) is 5.41 Å². The van der Waals surface area contributed by atoms with Crippen LogP contribution in [0.5, 0.6) is 0 Å². The van der Waals surface area contributed by atoms with Crippen LogP contribution in [0, 0.1) is 16.2 Å². The SMILES string of the molecule is CCCCC(C)(CCC[C@@H](C)CCC)CN=O. The standard InChI is InChI=1S/C15H31NO/c1-5-7-11-15(4,13-16-17)12-8-10-14(3)9-6-2/h14H,5-13H2,1-4H3/t14-,15?/m0/s1. The van der Waals surface area contributed by atoms with Gasteiger partial charge in [-0.1, -0.05) is 71.4 Å². The highest BCUT2D eigenvalue weighted by Crippen LogP contribution is 2.32. The van der Waals surface area contributed by atoms with Crippen molar-refractivity contribution in [3.63, 3.8) is 0 Å². The van der Waals surface area contributed by atoms with Gasteiger partial charge in [0.25, 0.3) is 0 Å². The molecule has 0 bridgehead atoms. The molecule has 0 aliphatic carbocycles. The molecule has 0 aliphatic rings. The van der Waals surface area contributed by atoms with Crippen LogP contribution in [0.25, 0.3) is 0 Å².